The third kappa shape index (κ3) is 5.29. The molecule has 0 aromatic heterocycles. The topological polar surface area (TPSA) is 68.9 Å². The van der Waals surface area contributed by atoms with Crippen LogP contribution >= 0.6 is 0 Å². The summed E-state index contributed by atoms with van der Waals surface area (Å²) in [6, 6.07) is 4.73. The summed E-state index contributed by atoms with van der Waals surface area (Å²) in [6.45, 7) is 0.112. The van der Waals surface area contributed by atoms with Crippen LogP contribution in [0.25, 0.3) is 0 Å². The number of nitrogens with two attached hydrogens (primary N) is 1. The van der Waals surface area contributed by atoms with Gasteiger partial charge in [-0.1, -0.05) is 13.0 Å². The summed E-state index contributed by atoms with van der Waals surface area (Å²) < 4.78 is 33.9. The Kier molecular flexibility index (Phi) is 6.55. The lowest BCUT2D eigenvalue weighted by molar-refractivity contribution is -0.0512. The van der Waals surface area contributed by atoms with Crippen molar-refractivity contribution in [2.24, 2.45) is 10.7 Å². The number of alkyl halides is 2. The van der Waals surface area contributed by atoms with Crippen LogP contribution in [0.15, 0.2) is 23.2 Å². The fraction of sp³-hybridized carbons (Fsp3) is 0.462. The molecule has 0 saturated heterocycles. The van der Waals surface area contributed by atoms with Gasteiger partial charge in [0.25, 0.3) is 0 Å². The first-order valence-electron chi connectivity index (χ1n) is 6.22. The van der Waals surface area contributed by atoms with Crippen molar-refractivity contribution < 1.29 is 18.3 Å². The van der Waals surface area contributed by atoms with Crippen LogP contribution < -0.4 is 20.5 Å². The van der Waals surface area contributed by atoms with Crippen molar-refractivity contribution >= 4 is 5.96 Å². The molecule has 3 N–H and O–H groups in total. The summed E-state index contributed by atoms with van der Waals surface area (Å²) in [5, 5.41) is 2.92. The van der Waals surface area contributed by atoms with Crippen LogP contribution in [0, 0.1) is 0 Å². The van der Waals surface area contributed by atoms with E-state index in [1.807, 2.05) is 6.92 Å². The number of hydrogen-bond acceptors (Lipinski definition) is 3. The third-order valence-corrected chi connectivity index (χ3v) is 2.43. The van der Waals surface area contributed by atoms with Gasteiger partial charge in [0, 0.05) is 6.54 Å². The average molecular weight is 287 g/mol. The molecule has 20 heavy (non-hydrogen) atoms. The van der Waals surface area contributed by atoms with Gasteiger partial charge in [-0.3, -0.25) is 0 Å². The maximum atomic E-state index is 12.3. The third-order valence-electron chi connectivity index (χ3n) is 2.43. The molecule has 112 valence electrons. The van der Waals surface area contributed by atoms with Gasteiger partial charge in [-0.25, -0.2) is 4.99 Å². The Bertz CT molecular complexity index is 453. The second kappa shape index (κ2) is 8.19. The van der Waals surface area contributed by atoms with Crippen molar-refractivity contribution in [3.05, 3.63) is 23.8 Å². The number of nitrogens with zero attached hydrogens (tertiary/aromatic N) is 1. The van der Waals surface area contributed by atoms with Gasteiger partial charge in [-0.15, -0.1) is 0 Å². The molecule has 0 aliphatic rings. The minimum atomic E-state index is -2.90. The lowest BCUT2D eigenvalue weighted by Crippen LogP contribution is -2.32. The highest BCUT2D eigenvalue weighted by atomic mass is 19.3. The fourth-order valence-electron chi connectivity index (χ4n) is 1.49. The Morgan fingerprint density at radius 2 is 2.15 bits per heavy atom. The molecule has 0 heterocycles. The number of methoxy groups -OCH3 is 1. The average Bonchev–Trinajstić information content (AvgIpc) is 2.42. The van der Waals surface area contributed by atoms with Crippen molar-refractivity contribution in [1.29, 1.82) is 0 Å². The Morgan fingerprint density at radius 3 is 2.75 bits per heavy atom. The summed E-state index contributed by atoms with van der Waals surface area (Å²) in [5.41, 5.74) is 6.34. The number of hydrogen-bond donors (Lipinski definition) is 2. The van der Waals surface area contributed by atoms with E-state index in [4.69, 9.17) is 10.5 Å². The molecular formula is C13H19F2N3O2. The van der Waals surface area contributed by atoms with Gasteiger partial charge < -0.3 is 20.5 Å². The standard InChI is InChI=1S/C13H19F2N3O2/c1-3-6-17-13(16)18-8-9-4-5-10(19-2)11(7-9)20-12(14)15/h4-5,7,12H,3,6,8H2,1-2H3,(H3,16,17,18). The van der Waals surface area contributed by atoms with Crippen molar-refractivity contribution in [2.75, 3.05) is 13.7 Å². The molecule has 0 saturated carbocycles. The van der Waals surface area contributed by atoms with Crippen molar-refractivity contribution in [3.8, 4) is 11.5 Å². The van der Waals surface area contributed by atoms with E-state index in [1.54, 1.807) is 12.1 Å². The van der Waals surface area contributed by atoms with E-state index >= 15 is 0 Å². The van der Waals surface area contributed by atoms with Crippen LogP contribution in [-0.2, 0) is 6.54 Å². The Balaban J connectivity index is 2.76. The normalized spacial score (nSPS) is 11.6. The summed E-state index contributed by atoms with van der Waals surface area (Å²) >= 11 is 0. The van der Waals surface area contributed by atoms with Crippen molar-refractivity contribution in [2.45, 2.75) is 26.5 Å². The molecule has 1 aromatic rings. The van der Waals surface area contributed by atoms with E-state index in [1.165, 1.54) is 13.2 Å². The van der Waals surface area contributed by atoms with Crippen LogP contribution in [0.4, 0.5) is 8.78 Å². The van der Waals surface area contributed by atoms with Crippen LogP contribution in [-0.4, -0.2) is 26.2 Å². The molecule has 5 nitrogen and oxygen atoms in total. The zero-order chi connectivity index (χ0) is 15.0. The molecule has 0 spiro atoms. The minimum Gasteiger partial charge on any atom is -0.493 e. The number of guanidine groups is 1. The van der Waals surface area contributed by atoms with Gasteiger partial charge >= 0.3 is 6.61 Å². The minimum absolute atomic E-state index is 0.0183. The summed E-state index contributed by atoms with van der Waals surface area (Å²) in [5.74, 6) is 0.546. The lowest BCUT2D eigenvalue weighted by Gasteiger charge is -2.11. The van der Waals surface area contributed by atoms with Gasteiger partial charge in [-0.05, 0) is 24.1 Å². The van der Waals surface area contributed by atoms with Crippen LogP contribution in [0.3, 0.4) is 0 Å². The van der Waals surface area contributed by atoms with E-state index in [-0.39, 0.29) is 18.0 Å². The maximum absolute atomic E-state index is 12.3. The summed E-state index contributed by atoms with van der Waals surface area (Å²) in [7, 11) is 1.39. The van der Waals surface area contributed by atoms with Crippen molar-refractivity contribution in [1.82, 2.24) is 5.32 Å². The number of ether oxygens (including phenoxy) is 2. The van der Waals surface area contributed by atoms with Gasteiger partial charge in [0.15, 0.2) is 17.5 Å². The zero-order valence-corrected chi connectivity index (χ0v) is 11.5. The molecule has 1 aromatic carbocycles. The molecule has 0 radical (unpaired) electrons. The van der Waals surface area contributed by atoms with Crippen LogP contribution in [0.2, 0.25) is 0 Å². The first-order valence-corrected chi connectivity index (χ1v) is 6.22. The summed E-state index contributed by atoms with van der Waals surface area (Å²) in [4.78, 5) is 4.11. The second-order valence-corrected chi connectivity index (χ2v) is 3.99. The van der Waals surface area contributed by atoms with E-state index in [0.29, 0.717) is 11.5 Å². The first-order chi connectivity index (χ1) is 9.56. The molecule has 0 amide bonds. The fourth-order valence-corrected chi connectivity index (χ4v) is 1.49. The number of aliphatic imine (C=N–C) groups is 1. The monoisotopic (exact) mass is 287 g/mol. The molecular weight excluding hydrogens is 268 g/mol. The van der Waals surface area contributed by atoms with Gasteiger partial charge in [0.2, 0.25) is 0 Å². The maximum Gasteiger partial charge on any atom is 0.387 e. The molecule has 0 atom stereocenters. The van der Waals surface area contributed by atoms with Gasteiger partial charge in [0.1, 0.15) is 0 Å². The SMILES string of the molecule is CCCNC(N)=NCc1ccc(OC)c(OC(F)F)c1. The number of halogens is 2. The Hall–Kier alpha value is -2.05. The predicted molar refractivity (Wildman–Crippen MR) is 73.2 cm³/mol. The molecule has 0 bridgehead atoms. The van der Waals surface area contributed by atoms with Crippen molar-refractivity contribution in [3.63, 3.8) is 0 Å². The van der Waals surface area contributed by atoms with E-state index < -0.39 is 6.61 Å². The van der Waals surface area contributed by atoms with E-state index in [9.17, 15) is 8.78 Å². The Labute approximate surface area is 116 Å². The molecule has 0 fully saturated rings. The number of nitrogens with one attached hydrogen (secondary N) is 1. The zero-order valence-electron chi connectivity index (χ0n) is 11.5. The number of rotatable bonds is 7. The predicted octanol–water partition coefficient (Wildman–Crippen LogP) is 2.11. The quantitative estimate of drug-likeness (QED) is 0.595. The smallest absolute Gasteiger partial charge is 0.387 e. The molecule has 0 unspecified atom stereocenters. The van der Waals surface area contributed by atoms with Gasteiger partial charge in [0.05, 0.1) is 13.7 Å². The highest BCUT2D eigenvalue weighted by molar-refractivity contribution is 5.77. The van der Waals surface area contributed by atoms with E-state index in [0.717, 1.165) is 13.0 Å². The van der Waals surface area contributed by atoms with E-state index in [2.05, 4.69) is 15.0 Å². The first kappa shape index (κ1) is 16.0. The van der Waals surface area contributed by atoms with Crippen LogP contribution in [0.5, 0.6) is 11.5 Å². The van der Waals surface area contributed by atoms with Gasteiger partial charge in [-0.2, -0.15) is 8.78 Å². The molecule has 7 heteroatoms. The molecule has 0 aliphatic heterocycles. The Morgan fingerprint density at radius 1 is 1.40 bits per heavy atom. The largest absolute Gasteiger partial charge is 0.493 e. The highest BCUT2D eigenvalue weighted by Gasteiger charge is 2.11. The molecule has 1 rings (SSSR count). The number of benzene rings is 1. The van der Waals surface area contributed by atoms with Crippen LogP contribution in [0.1, 0.15) is 18.9 Å². The molecule has 0 aliphatic carbocycles. The summed E-state index contributed by atoms with van der Waals surface area (Å²) in [6.07, 6.45) is 0.936. The highest BCUT2D eigenvalue weighted by Crippen LogP contribution is 2.29. The lowest BCUT2D eigenvalue weighted by atomic mass is 10.2. The second-order valence-electron chi connectivity index (χ2n) is 3.99.